The van der Waals surface area contributed by atoms with E-state index in [0.29, 0.717) is 43.7 Å². The number of piperazine rings is 1. The molecule has 0 atom stereocenters. The highest BCUT2D eigenvalue weighted by atomic mass is 16.5. The smallest absolute Gasteiger partial charge is 0.254 e. The molecular weight excluding hydrogens is 390 g/mol. The Hall–Kier alpha value is -3.12. The van der Waals surface area contributed by atoms with E-state index in [0.717, 1.165) is 30.0 Å². The van der Waals surface area contributed by atoms with Crippen molar-refractivity contribution in [1.29, 1.82) is 0 Å². The van der Waals surface area contributed by atoms with Crippen LogP contribution in [0.4, 0.5) is 5.95 Å². The van der Waals surface area contributed by atoms with E-state index in [1.165, 1.54) is 0 Å². The van der Waals surface area contributed by atoms with Crippen molar-refractivity contribution in [1.82, 2.24) is 39.5 Å². The molecule has 1 fully saturated rings. The van der Waals surface area contributed by atoms with E-state index in [1.54, 1.807) is 11.6 Å². The van der Waals surface area contributed by atoms with Gasteiger partial charge in [0.15, 0.2) is 5.82 Å². The van der Waals surface area contributed by atoms with Crippen molar-refractivity contribution in [3.05, 3.63) is 28.7 Å². The number of methoxy groups -OCH3 is 1. The average Bonchev–Trinajstić information content (AvgIpc) is 3.31. The number of aryl methyl sites for hydroxylation is 2. The number of hydrogen-bond acceptors (Lipinski definition) is 10. The fourth-order valence-electron chi connectivity index (χ4n) is 3.63. The predicted octanol–water partition coefficient (Wildman–Crippen LogP) is -0.260. The van der Waals surface area contributed by atoms with Crippen molar-refractivity contribution in [3.8, 4) is 0 Å². The van der Waals surface area contributed by atoms with Crippen molar-refractivity contribution < 1.29 is 14.1 Å². The number of hydrogen-bond donors (Lipinski definition) is 1. The van der Waals surface area contributed by atoms with Crippen LogP contribution < -0.4 is 5.73 Å². The third-order valence-corrected chi connectivity index (χ3v) is 5.26. The summed E-state index contributed by atoms with van der Waals surface area (Å²) in [5.41, 5.74) is 8.13. The predicted molar refractivity (Wildman–Crippen MR) is 105 cm³/mol. The number of aromatic nitrogens is 6. The van der Waals surface area contributed by atoms with Crippen molar-refractivity contribution in [3.63, 3.8) is 0 Å². The molecule has 0 radical (unpaired) electrons. The summed E-state index contributed by atoms with van der Waals surface area (Å²) in [5.74, 6) is 1.77. The van der Waals surface area contributed by atoms with Crippen molar-refractivity contribution in [2.75, 3.05) is 39.0 Å². The van der Waals surface area contributed by atoms with E-state index in [4.69, 9.17) is 15.0 Å². The Morgan fingerprint density at radius 2 is 1.93 bits per heavy atom. The number of rotatable bonds is 6. The van der Waals surface area contributed by atoms with Gasteiger partial charge >= 0.3 is 0 Å². The van der Waals surface area contributed by atoms with Crippen LogP contribution in [0.1, 0.15) is 28.7 Å². The minimum Gasteiger partial charge on any atom is -0.377 e. The SMILES string of the molecule is COCc1noc(CN2CCN(C(=O)Cc3c(C)nc4nc(N)nn4c3C)CC2)n1. The number of ether oxygens (including phenoxy) is 1. The van der Waals surface area contributed by atoms with Gasteiger partial charge in [-0.1, -0.05) is 5.16 Å². The van der Waals surface area contributed by atoms with Gasteiger partial charge in [0.1, 0.15) is 6.61 Å². The van der Waals surface area contributed by atoms with E-state index in [-0.39, 0.29) is 18.3 Å². The molecule has 0 unspecified atom stereocenters. The zero-order chi connectivity index (χ0) is 21.3. The Bertz CT molecular complexity index is 1050. The second kappa shape index (κ2) is 8.32. The monoisotopic (exact) mass is 415 g/mol. The minimum atomic E-state index is 0.0651. The molecule has 3 aromatic heterocycles. The van der Waals surface area contributed by atoms with Crippen LogP contribution in [0.15, 0.2) is 4.52 Å². The Kier molecular flexibility index (Phi) is 5.59. The van der Waals surface area contributed by atoms with E-state index in [1.807, 2.05) is 18.7 Å². The molecular formula is C18H25N9O3. The van der Waals surface area contributed by atoms with Gasteiger partial charge in [0.25, 0.3) is 5.78 Å². The van der Waals surface area contributed by atoms with E-state index >= 15 is 0 Å². The van der Waals surface area contributed by atoms with Crippen LogP contribution in [0, 0.1) is 13.8 Å². The molecule has 1 aliphatic heterocycles. The first kappa shape index (κ1) is 20.2. The standard InChI is InChI=1S/C18H25N9O3/c1-11-13(12(2)27-18(20-11)22-17(19)23-27)8-16(28)26-6-4-25(5-7-26)9-15-21-14(10-29-3)24-30-15/h4-10H2,1-3H3,(H2,19,23). The molecule has 12 heteroatoms. The molecule has 1 amide bonds. The third kappa shape index (κ3) is 4.09. The van der Waals surface area contributed by atoms with E-state index in [9.17, 15) is 4.79 Å². The molecule has 160 valence electrons. The number of anilines is 1. The molecule has 0 bridgehead atoms. The Morgan fingerprint density at radius 1 is 1.17 bits per heavy atom. The second-order valence-corrected chi connectivity index (χ2v) is 7.31. The number of carbonyl (C=O) groups is 1. The molecule has 12 nitrogen and oxygen atoms in total. The summed E-state index contributed by atoms with van der Waals surface area (Å²) in [6, 6.07) is 0. The van der Waals surface area contributed by atoms with Crippen molar-refractivity contribution in [2.24, 2.45) is 0 Å². The first-order valence-corrected chi connectivity index (χ1v) is 9.73. The molecule has 30 heavy (non-hydrogen) atoms. The fourth-order valence-corrected chi connectivity index (χ4v) is 3.63. The number of nitrogens with two attached hydrogens (primary N) is 1. The molecule has 1 saturated heterocycles. The van der Waals surface area contributed by atoms with Crippen LogP contribution in [0.5, 0.6) is 0 Å². The maximum atomic E-state index is 12.9. The van der Waals surface area contributed by atoms with Gasteiger partial charge in [-0.3, -0.25) is 9.69 Å². The van der Waals surface area contributed by atoms with Gasteiger partial charge in [-0.25, -0.2) is 4.98 Å². The number of nitrogen functional groups attached to an aromatic ring is 1. The molecule has 0 aromatic carbocycles. The zero-order valence-corrected chi connectivity index (χ0v) is 17.3. The van der Waals surface area contributed by atoms with Gasteiger partial charge < -0.3 is 19.9 Å². The molecule has 0 saturated carbocycles. The summed E-state index contributed by atoms with van der Waals surface area (Å²) in [6.07, 6.45) is 0.268. The largest absolute Gasteiger partial charge is 0.377 e. The molecule has 2 N–H and O–H groups in total. The highest BCUT2D eigenvalue weighted by Crippen LogP contribution is 2.17. The van der Waals surface area contributed by atoms with Crippen LogP contribution in [0.3, 0.4) is 0 Å². The molecule has 0 aliphatic carbocycles. The van der Waals surface area contributed by atoms with Gasteiger partial charge in [-0.2, -0.15) is 14.5 Å². The van der Waals surface area contributed by atoms with Gasteiger partial charge in [0, 0.05) is 50.2 Å². The summed E-state index contributed by atoms with van der Waals surface area (Å²) in [7, 11) is 1.59. The fraction of sp³-hybridized carbons (Fsp3) is 0.556. The van der Waals surface area contributed by atoms with Crippen LogP contribution in [-0.2, 0) is 29.1 Å². The van der Waals surface area contributed by atoms with Gasteiger partial charge in [-0.05, 0) is 13.8 Å². The Balaban J connectivity index is 1.36. The lowest BCUT2D eigenvalue weighted by molar-refractivity contribution is -0.132. The number of fused-ring (bicyclic) bond motifs is 1. The highest BCUT2D eigenvalue weighted by molar-refractivity contribution is 5.79. The van der Waals surface area contributed by atoms with Crippen molar-refractivity contribution >= 4 is 17.6 Å². The molecule has 4 rings (SSSR count). The lowest BCUT2D eigenvalue weighted by Gasteiger charge is -2.34. The first-order chi connectivity index (χ1) is 14.4. The normalized spacial score (nSPS) is 15.2. The number of carbonyl (C=O) groups excluding carboxylic acids is 1. The number of amides is 1. The molecule has 0 spiro atoms. The third-order valence-electron chi connectivity index (χ3n) is 5.26. The first-order valence-electron chi connectivity index (χ1n) is 9.73. The van der Waals surface area contributed by atoms with Crippen LogP contribution in [0.25, 0.3) is 5.78 Å². The molecule has 1 aliphatic rings. The maximum absolute atomic E-state index is 12.9. The highest BCUT2D eigenvalue weighted by Gasteiger charge is 2.24. The number of nitrogens with zero attached hydrogens (tertiary/aromatic N) is 8. The van der Waals surface area contributed by atoms with E-state index in [2.05, 4.69) is 30.1 Å². The van der Waals surface area contributed by atoms with Crippen LogP contribution >= 0.6 is 0 Å². The minimum absolute atomic E-state index is 0.0651. The summed E-state index contributed by atoms with van der Waals surface area (Å²) in [5, 5.41) is 8.03. The Labute approximate surface area is 173 Å². The lowest BCUT2D eigenvalue weighted by Crippen LogP contribution is -2.48. The van der Waals surface area contributed by atoms with Crippen LogP contribution in [-0.4, -0.2) is 78.7 Å². The Morgan fingerprint density at radius 3 is 2.67 bits per heavy atom. The average molecular weight is 415 g/mol. The summed E-state index contributed by atoms with van der Waals surface area (Å²) < 4.78 is 11.8. The molecule has 4 heterocycles. The lowest BCUT2D eigenvalue weighted by atomic mass is 10.1. The summed E-state index contributed by atoms with van der Waals surface area (Å²) >= 11 is 0. The van der Waals surface area contributed by atoms with E-state index < -0.39 is 0 Å². The maximum Gasteiger partial charge on any atom is 0.254 e. The zero-order valence-electron chi connectivity index (χ0n) is 17.3. The quantitative estimate of drug-likeness (QED) is 0.572. The summed E-state index contributed by atoms with van der Waals surface area (Å²) in [6.45, 7) is 7.42. The van der Waals surface area contributed by atoms with Gasteiger partial charge in [-0.15, -0.1) is 5.10 Å². The second-order valence-electron chi connectivity index (χ2n) is 7.31. The van der Waals surface area contributed by atoms with Crippen LogP contribution in [0.2, 0.25) is 0 Å². The van der Waals surface area contributed by atoms with Crippen molar-refractivity contribution in [2.45, 2.75) is 33.4 Å². The van der Waals surface area contributed by atoms with Gasteiger partial charge in [0.05, 0.1) is 13.0 Å². The van der Waals surface area contributed by atoms with Gasteiger partial charge in [0.2, 0.25) is 17.7 Å². The summed E-state index contributed by atoms with van der Waals surface area (Å²) in [4.78, 5) is 29.8. The topological polar surface area (TPSA) is 141 Å². The molecule has 3 aromatic rings.